The van der Waals surface area contributed by atoms with Gasteiger partial charge in [0.25, 0.3) is 11.8 Å². The van der Waals surface area contributed by atoms with Crippen molar-refractivity contribution in [3.8, 4) is 17.6 Å². The summed E-state index contributed by atoms with van der Waals surface area (Å²) in [4.78, 5) is 27.2. The van der Waals surface area contributed by atoms with E-state index in [4.69, 9.17) is 27.0 Å². The van der Waals surface area contributed by atoms with E-state index < -0.39 is 11.8 Å². The molecule has 2 rings (SSSR count). The molecule has 0 unspecified atom stereocenters. The van der Waals surface area contributed by atoms with E-state index in [-0.39, 0.29) is 17.3 Å². The van der Waals surface area contributed by atoms with Gasteiger partial charge in [-0.15, -0.1) is 0 Å². The van der Waals surface area contributed by atoms with Gasteiger partial charge in [0.15, 0.2) is 23.2 Å². The maximum Gasteiger partial charge on any atom is 0.265 e. The van der Waals surface area contributed by atoms with Gasteiger partial charge in [0.1, 0.15) is 11.6 Å². The Bertz CT molecular complexity index is 772. The quantitative estimate of drug-likeness (QED) is 0.451. The van der Waals surface area contributed by atoms with Crippen LogP contribution in [-0.2, 0) is 9.59 Å². The number of nitriles is 1. The summed E-state index contributed by atoms with van der Waals surface area (Å²) in [5.74, 6) is -0.0750. The van der Waals surface area contributed by atoms with E-state index in [0.717, 1.165) is 0 Å². The van der Waals surface area contributed by atoms with Crippen molar-refractivity contribution < 1.29 is 19.1 Å². The van der Waals surface area contributed by atoms with Crippen molar-refractivity contribution in [2.45, 2.75) is 6.92 Å². The van der Waals surface area contributed by atoms with Gasteiger partial charge in [0, 0.05) is 14.1 Å². The summed E-state index contributed by atoms with van der Waals surface area (Å²) in [5, 5.41) is 8.78. The largest absolute Gasteiger partial charge is 0.490 e. The first-order chi connectivity index (χ1) is 11.9. The van der Waals surface area contributed by atoms with Crippen LogP contribution in [0.1, 0.15) is 12.5 Å². The van der Waals surface area contributed by atoms with Crippen LogP contribution in [0.15, 0.2) is 23.8 Å². The second-order valence-electron chi connectivity index (χ2n) is 5.15. The summed E-state index contributed by atoms with van der Waals surface area (Å²) >= 11 is 5.06. The van der Waals surface area contributed by atoms with Crippen LogP contribution in [0.25, 0.3) is 6.08 Å². The number of likely N-dealkylation sites (N-methyl/N-ethyl adjacent to an activating group) is 2. The molecule has 0 aromatic heterocycles. The first-order valence-electron chi connectivity index (χ1n) is 7.49. The highest BCUT2D eigenvalue weighted by molar-refractivity contribution is 7.80. The lowest BCUT2D eigenvalue weighted by molar-refractivity contribution is -0.132. The van der Waals surface area contributed by atoms with Gasteiger partial charge < -0.3 is 9.47 Å². The van der Waals surface area contributed by atoms with Gasteiger partial charge in [0.2, 0.25) is 0 Å². The average Bonchev–Trinajstić information content (AvgIpc) is 2.61. The number of rotatable bonds is 5. The normalized spacial score (nSPS) is 14.5. The summed E-state index contributed by atoms with van der Waals surface area (Å²) < 4.78 is 10.8. The molecule has 1 aromatic carbocycles. The van der Waals surface area contributed by atoms with Crippen LogP contribution in [0.2, 0.25) is 0 Å². The lowest BCUT2D eigenvalue weighted by Crippen LogP contribution is -2.52. The van der Waals surface area contributed by atoms with Crippen molar-refractivity contribution >= 4 is 35.2 Å². The van der Waals surface area contributed by atoms with Crippen LogP contribution in [0.3, 0.4) is 0 Å². The van der Waals surface area contributed by atoms with E-state index in [1.54, 1.807) is 18.2 Å². The SMILES string of the molecule is CCOc1cc(C=C2C(=O)N(C)C(=S)N(C)C2=O)ccc1OCC#N. The van der Waals surface area contributed by atoms with Gasteiger partial charge in [-0.3, -0.25) is 19.4 Å². The predicted molar refractivity (Wildman–Crippen MR) is 94.8 cm³/mol. The Morgan fingerprint density at radius 2 is 1.80 bits per heavy atom. The number of hydrogen-bond acceptors (Lipinski definition) is 6. The Morgan fingerprint density at radius 3 is 2.36 bits per heavy atom. The number of amides is 2. The number of hydrogen-bond donors (Lipinski definition) is 0. The Balaban J connectivity index is 2.40. The molecule has 0 aliphatic carbocycles. The van der Waals surface area contributed by atoms with Gasteiger partial charge in [-0.2, -0.15) is 5.26 Å². The van der Waals surface area contributed by atoms with Crippen LogP contribution in [0.4, 0.5) is 0 Å². The molecule has 0 atom stereocenters. The third-order valence-corrected chi connectivity index (χ3v) is 4.06. The highest BCUT2D eigenvalue weighted by atomic mass is 32.1. The molecule has 0 saturated carbocycles. The first kappa shape index (κ1) is 18.4. The summed E-state index contributed by atoms with van der Waals surface area (Å²) in [7, 11) is 3.04. The molecular weight excluding hydrogens is 342 g/mol. The fraction of sp³-hybridized carbons (Fsp3) is 0.294. The molecule has 0 N–H and O–H groups in total. The first-order valence-corrected chi connectivity index (χ1v) is 7.89. The highest BCUT2D eigenvalue weighted by Gasteiger charge is 2.35. The summed E-state index contributed by atoms with van der Waals surface area (Å²) in [6.07, 6.45) is 1.48. The van der Waals surface area contributed by atoms with Crippen LogP contribution in [0.5, 0.6) is 11.5 Å². The van der Waals surface area contributed by atoms with E-state index in [1.165, 1.54) is 30.0 Å². The molecule has 0 spiro atoms. The van der Waals surface area contributed by atoms with Crippen molar-refractivity contribution in [1.82, 2.24) is 9.80 Å². The van der Waals surface area contributed by atoms with Crippen molar-refractivity contribution in [2.75, 3.05) is 27.3 Å². The summed E-state index contributed by atoms with van der Waals surface area (Å²) in [6, 6.07) is 6.84. The molecule has 1 fully saturated rings. The summed E-state index contributed by atoms with van der Waals surface area (Å²) in [6.45, 7) is 2.11. The Hall–Kier alpha value is -2.92. The minimum absolute atomic E-state index is 0.00624. The molecule has 25 heavy (non-hydrogen) atoms. The van der Waals surface area contributed by atoms with E-state index in [2.05, 4.69) is 0 Å². The second-order valence-corrected chi connectivity index (χ2v) is 5.52. The van der Waals surface area contributed by atoms with Crippen LogP contribution < -0.4 is 9.47 Å². The number of carbonyl (C=O) groups excluding carboxylic acids is 2. The molecule has 1 aromatic rings. The third kappa shape index (κ3) is 3.78. The molecule has 1 aliphatic heterocycles. The number of nitrogens with zero attached hydrogens (tertiary/aromatic N) is 3. The van der Waals surface area contributed by atoms with Crippen LogP contribution in [0, 0.1) is 11.3 Å². The second kappa shape index (κ2) is 7.77. The van der Waals surface area contributed by atoms with Crippen molar-refractivity contribution in [3.05, 3.63) is 29.3 Å². The smallest absolute Gasteiger partial charge is 0.265 e. The van der Waals surface area contributed by atoms with E-state index in [9.17, 15) is 9.59 Å². The Labute approximate surface area is 151 Å². The fourth-order valence-electron chi connectivity index (χ4n) is 2.25. The molecular formula is C17H17N3O4S. The number of thiocarbonyl (C=S) groups is 1. The third-order valence-electron chi connectivity index (χ3n) is 3.51. The van der Waals surface area contributed by atoms with Gasteiger partial charge in [-0.05, 0) is 42.9 Å². The maximum absolute atomic E-state index is 12.3. The lowest BCUT2D eigenvalue weighted by atomic mass is 10.1. The lowest BCUT2D eigenvalue weighted by Gasteiger charge is -2.31. The standard InChI is InChI=1S/C17H17N3O4S/c1-4-23-14-10-11(5-6-13(14)24-8-7-18)9-12-15(21)19(2)17(25)20(3)16(12)22/h5-6,9-10H,4,8H2,1-3H3. The molecule has 130 valence electrons. The zero-order valence-corrected chi connectivity index (χ0v) is 14.9. The Morgan fingerprint density at radius 1 is 1.16 bits per heavy atom. The van der Waals surface area contributed by atoms with Crippen LogP contribution >= 0.6 is 12.2 Å². The minimum Gasteiger partial charge on any atom is -0.490 e. The molecule has 0 radical (unpaired) electrons. The van der Waals surface area contributed by atoms with E-state index in [0.29, 0.717) is 23.7 Å². The maximum atomic E-state index is 12.3. The van der Waals surface area contributed by atoms with E-state index >= 15 is 0 Å². The number of carbonyl (C=O) groups is 2. The van der Waals surface area contributed by atoms with Crippen molar-refractivity contribution in [2.24, 2.45) is 0 Å². The van der Waals surface area contributed by atoms with Gasteiger partial charge >= 0.3 is 0 Å². The topological polar surface area (TPSA) is 82.9 Å². The van der Waals surface area contributed by atoms with Crippen LogP contribution in [-0.4, -0.2) is 54.0 Å². The van der Waals surface area contributed by atoms with Crippen molar-refractivity contribution in [3.63, 3.8) is 0 Å². The average molecular weight is 359 g/mol. The summed E-state index contributed by atoms with van der Waals surface area (Å²) in [5.41, 5.74) is 0.603. The molecule has 8 heteroatoms. The highest BCUT2D eigenvalue weighted by Crippen LogP contribution is 2.30. The zero-order chi connectivity index (χ0) is 18.6. The molecule has 1 heterocycles. The number of ether oxygens (including phenoxy) is 2. The van der Waals surface area contributed by atoms with Crippen molar-refractivity contribution in [1.29, 1.82) is 5.26 Å². The molecule has 0 bridgehead atoms. The molecule has 2 amide bonds. The van der Waals surface area contributed by atoms with E-state index in [1.807, 2.05) is 13.0 Å². The monoisotopic (exact) mass is 359 g/mol. The molecule has 7 nitrogen and oxygen atoms in total. The minimum atomic E-state index is -0.462. The van der Waals surface area contributed by atoms with Gasteiger partial charge in [-0.1, -0.05) is 6.07 Å². The molecule has 1 saturated heterocycles. The predicted octanol–water partition coefficient (Wildman–Crippen LogP) is 1.59. The zero-order valence-electron chi connectivity index (χ0n) is 14.1. The number of benzene rings is 1. The fourth-order valence-corrected chi connectivity index (χ4v) is 2.42. The Kier molecular flexibility index (Phi) is 5.72. The molecule has 1 aliphatic rings. The van der Waals surface area contributed by atoms with Gasteiger partial charge in [-0.25, -0.2) is 0 Å². The van der Waals surface area contributed by atoms with Gasteiger partial charge in [0.05, 0.1) is 6.61 Å².